The summed E-state index contributed by atoms with van der Waals surface area (Å²) < 4.78 is 0. The number of Topliss-reactive ketones (excluding diaryl/α,β-unsaturated/α-hetero) is 2. The van der Waals surface area contributed by atoms with E-state index in [4.69, 9.17) is 0 Å². The van der Waals surface area contributed by atoms with Crippen molar-refractivity contribution in [1.29, 1.82) is 0 Å². The first kappa shape index (κ1) is 12.5. The third-order valence-electron chi connectivity index (χ3n) is 3.76. The summed E-state index contributed by atoms with van der Waals surface area (Å²) in [6.07, 6.45) is 0. The van der Waals surface area contributed by atoms with Crippen LogP contribution in [0.3, 0.4) is 0 Å². The molecule has 0 bridgehead atoms. The van der Waals surface area contributed by atoms with E-state index in [0.29, 0.717) is 11.3 Å². The number of carbonyl (C=O) groups is 3. The lowest BCUT2D eigenvalue weighted by atomic mass is 9.63. The molecular weight excluding hydrogens is 230 g/mol. The molecule has 0 spiro atoms. The topological polar surface area (TPSA) is 63.2 Å². The summed E-state index contributed by atoms with van der Waals surface area (Å²) in [5, 5.41) is 2.73. The molecule has 1 heterocycles. The van der Waals surface area contributed by atoms with Gasteiger partial charge in [0, 0.05) is 5.69 Å². The highest BCUT2D eigenvalue weighted by molar-refractivity contribution is 6.18. The molecule has 1 aliphatic heterocycles. The highest BCUT2D eigenvalue weighted by Crippen LogP contribution is 2.42. The van der Waals surface area contributed by atoms with Gasteiger partial charge in [-0.1, -0.05) is 25.1 Å². The SMILES string of the molecule is CC(=O)C1(C(C)=O)c2ccccc2NC(=O)C1C. The molecule has 94 valence electrons. The zero-order chi connectivity index (χ0) is 13.5. The molecule has 1 N–H and O–H groups in total. The van der Waals surface area contributed by atoms with Gasteiger partial charge in [-0.2, -0.15) is 0 Å². The summed E-state index contributed by atoms with van der Waals surface area (Å²) in [5.74, 6) is -1.56. The maximum Gasteiger partial charge on any atom is 0.229 e. The fourth-order valence-corrected chi connectivity index (χ4v) is 2.84. The molecule has 0 saturated carbocycles. The van der Waals surface area contributed by atoms with E-state index in [1.807, 2.05) is 0 Å². The quantitative estimate of drug-likeness (QED) is 0.806. The lowest BCUT2D eigenvalue weighted by molar-refractivity contribution is -0.140. The number of amides is 1. The van der Waals surface area contributed by atoms with Crippen LogP contribution in [0.4, 0.5) is 5.69 Å². The molecule has 0 aliphatic carbocycles. The highest BCUT2D eigenvalue weighted by atomic mass is 16.2. The van der Waals surface area contributed by atoms with Gasteiger partial charge in [0.05, 0.1) is 5.92 Å². The van der Waals surface area contributed by atoms with Crippen LogP contribution in [0, 0.1) is 5.92 Å². The maximum atomic E-state index is 12.1. The Balaban J connectivity index is 2.81. The fraction of sp³-hybridized carbons (Fsp3) is 0.357. The van der Waals surface area contributed by atoms with Crippen LogP contribution in [0.2, 0.25) is 0 Å². The summed E-state index contributed by atoms with van der Waals surface area (Å²) in [6.45, 7) is 4.36. The van der Waals surface area contributed by atoms with E-state index in [0.717, 1.165) is 0 Å². The first-order valence-corrected chi connectivity index (χ1v) is 5.84. The van der Waals surface area contributed by atoms with Gasteiger partial charge in [-0.15, -0.1) is 0 Å². The van der Waals surface area contributed by atoms with Crippen molar-refractivity contribution in [2.75, 3.05) is 5.32 Å². The van der Waals surface area contributed by atoms with Gasteiger partial charge in [0.25, 0.3) is 0 Å². The first-order valence-electron chi connectivity index (χ1n) is 5.84. The molecule has 4 heteroatoms. The van der Waals surface area contributed by atoms with Gasteiger partial charge in [0.15, 0.2) is 0 Å². The third-order valence-corrected chi connectivity index (χ3v) is 3.76. The Morgan fingerprint density at radius 1 is 1.17 bits per heavy atom. The van der Waals surface area contributed by atoms with Crippen LogP contribution < -0.4 is 5.32 Å². The van der Waals surface area contributed by atoms with Crippen molar-refractivity contribution < 1.29 is 14.4 Å². The molecule has 1 unspecified atom stereocenters. The van der Waals surface area contributed by atoms with E-state index in [9.17, 15) is 14.4 Å². The highest BCUT2D eigenvalue weighted by Gasteiger charge is 2.53. The maximum absolute atomic E-state index is 12.1. The molecule has 0 saturated heterocycles. The predicted molar refractivity (Wildman–Crippen MR) is 67.3 cm³/mol. The largest absolute Gasteiger partial charge is 0.326 e. The standard InChI is InChI=1S/C14H15NO3/c1-8-13(18)15-12-7-5-4-6-11(12)14(8,9(2)16)10(3)17/h4-8H,1-3H3,(H,15,18). The number of hydrogen-bond donors (Lipinski definition) is 1. The molecule has 4 nitrogen and oxygen atoms in total. The number of ketones is 2. The zero-order valence-electron chi connectivity index (χ0n) is 10.6. The molecule has 0 fully saturated rings. The van der Waals surface area contributed by atoms with E-state index < -0.39 is 11.3 Å². The Morgan fingerprint density at radius 2 is 1.72 bits per heavy atom. The van der Waals surface area contributed by atoms with Crippen molar-refractivity contribution in [3.8, 4) is 0 Å². The number of hydrogen-bond acceptors (Lipinski definition) is 3. The smallest absolute Gasteiger partial charge is 0.229 e. The molecule has 1 aromatic rings. The predicted octanol–water partition coefficient (Wildman–Crippen LogP) is 1.69. The van der Waals surface area contributed by atoms with Crippen LogP contribution in [0.1, 0.15) is 26.3 Å². The van der Waals surface area contributed by atoms with Crippen molar-refractivity contribution in [3.05, 3.63) is 29.8 Å². The molecule has 18 heavy (non-hydrogen) atoms. The fourth-order valence-electron chi connectivity index (χ4n) is 2.84. The second-order valence-corrected chi connectivity index (χ2v) is 4.68. The Kier molecular flexibility index (Phi) is 2.81. The molecule has 0 aromatic heterocycles. The number of rotatable bonds is 2. The summed E-state index contributed by atoms with van der Waals surface area (Å²) >= 11 is 0. The lowest BCUT2D eigenvalue weighted by Gasteiger charge is -2.39. The van der Waals surface area contributed by atoms with Crippen molar-refractivity contribution in [3.63, 3.8) is 0 Å². The van der Waals surface area contributed by atoms with Crippen molar-refractivity contribution in [2.24, 2.45) is 5.92 Å². The average molecular weight is 245 g/mol. The minimum Gasteiger partial charge on any atom is -0.326 e. The first-order chi connectivity index (χ1) is 8.42. The summed E-state index contributed by atoms with van der Waals surface area (Å²) in [6, 6.07) is 6.97. The van der Waals surface area contributed by atoms with Crippen LogP contribution >= 0.6 is 0 Å². The number of fused-ring (bicyclic) bond motifs is 1. The number of anilines is 1. The Hall–Kier alpha value is -1.97. The Labute approximate surface area is 105 Å². The van der Waals surface area contributed by atoms with Gasteiger partial charge >= 0.3 is 0 Å². The molecule has 2 rings (SSSR count). The van der Waals surface area contributed by atoms with Gasteiger partial charge in [-0.3, -0.25) is 14.4 Å². The van der Waals surface area contributed by atoms with Crippen LogP contribution in [-0.4, -0.2) is 17.5 Å². The Morgan fingerprint density at radius 3 is 2.28 bits per heavy atom. The molecule has 1 aromatic carbocycles. The van der Waals surface area contributed by atoms with Crippen LogP contribution in [0.15, 0.2) is 24.3 Å². The van der Waals surface area contributed by atoms with Crippen molar-refractivity contribution >= 4 is 23.2 Å². The van der Waals surface area contributed by atoms with Crippen LogP contribution in [0.5, 0.6) is 0 Å². The van der Waals surface area contributed by atoms with Gasteiger partial charge in [-0.05, 0) is 25.5 Å². The molecular formula is C14H15NO3. The zero-order valence-corrected chi connectivity index (χ0v) is 10.6. The van der Waals surface area contributed by atoms with Crippen molar-refractivity contribution in [2.45, 2.75) is 26.2 Å². The summed E-state index contributed by atoms with van der Waals surface area (Å²) in [5.41, 5.74) is -0.207. The van der Waals surface area contributed by atoms with Crippen LogP contribution in [-0.2, 0) is 19.8 Å². The second-order valence-electron chi connectivity index (χ2n) is 4.68. The molecule has 1 aliphatic rings. The minimum absolute atomic E-state index is 0.287. The minimum atomic E-state index is -1.35. The summed E-state index contributed by atoms with van der Waals surface area (Å²) in [7, 11) is 0. The Bertz CT molecular complexity index is 534. The van der Waals surface area contributed by atoms with Gasteiger partial charge in [-0.25, -0.2) is 0 Å². The number of benzene rings is 1. The number of carbonyl (C=O) groups excluding carboxylic acids is 3. The molecule has 0 radical (unpaired) electrons. The normalized spacial score (nSPS) is 20.8. The molecule has 1 atom stereocenters. The molecule has 1 amide bonds. The van der Waals surface area contributed by atoms with E-state index in [1.165, 1.54) is 13.8 Å². The summed E-state index contributed by atoms with van der Waals surface area (Å²) in [4.78, 5) is 36.1. The monoisotopic (exact) mass is 245 g/mol. The number of para-hydroxylation sites is 1. The second kappa shape index (κ2) is 4.05. The van der Waals surface area contributed by atoms with Gasteiger partial charge < -0.3 is 5.32 Å². The van der Waals surface area contributed by atoms with E-state index >= 15 is 0 Å². The third kappa shape index (κ3) is 1.41. The average Bonchev–Trinajstić information content (AvgIpc) is 2.30. The van der Waals surface area contributed by atoms with E-state index in [1.54, 1.807) is 31.2 Å². The van der Waals surface area contributed by atoms with Crippen LogP contribution in [0.25, 0.3) is 0 Å². The number of nitrogens with one attached hydrogen (secondary N) is 1. The van der Waals surface area contributed by atoms with Gasteiger partial charge in [0.2, 0.25) is 5.91 Å². The van der Waals surface area contributed by atoms with Crippen molar-refractivity contribution in [1.82, 2.24) is 0 Å². The lowest BCUT2D eigenvalue weighted by Crippen LogP contribution is -2.54. The van der Waals surface area contributed by atoms with E-state index in [-0.39, 0.29) is 17.5 Å². The van der Waals surface area contributed by atoms with Gasteiger partial charge in [0.1, 0.15) is 17.0 Å². The van der Waals surface area contributed by atoms with E-state index in [2.05, 4.69) is 5.32 Å².